The molecular formula is C9H10N2O6. The van der Waals surface area contributed by atoms with Crippen LogP contribution in [-0.4, -0.2) is 36.4 Å². The highest BCUT2D eigenvalue weighted by molar-refractivity contribution is 6.41. The molecule has 17 heavy (non-hydrogen) atoms. The fraction of sp³-hybridized carbons (Fsp3) is 0.222. The first-order valence-electron chi connectivity index (χ1n) is 4.44. The maximum Gasteiger partial charge on any atom is 0.361 e. The number of hydroxylamine groups is 1. The molecule has 0 radical (unpaired) electrons. The van der Waals surface area contributed by atoms with Gasteiger partial charge in [-0.25, -0.2) is 10.3 Å². The van der Waals surface area contributed by atoms with Gasteiger partial charge in [0.2, 0.25) is 5.71 Å². The van der Waals surface area contributed by atoms with Crippen molar-refractivity contribution in [2.75, 3.05) is 13.7 Å². The SMILES string of the molecule is CONC(=O)CON=C(C(=O)O)c1ccco1. The van der Waals surface area contributed by atoms with E-state index >= 15 is 0 Å². The number of nitrogens with one attached hydrogen (secondary N) is 1. The average Bonchev–Trinajstić information content (AvgIpc) is 2.77. The molecule has 0 aliphatic heterocycles. The number of nitrogens with zero attached hydrogens (tertiary/aromatic N) is 1. The van der Waals surface area contributed by atoms with Gasteiger partial charge in [0.15, 0.2) is 12.4 Å². The number of carbonyl (C=O) groups is 2. The number of furan rings is 1. The van der Waals surface area contributed by atoms with E-state index in [2.05, 4.69) is 14.8 Å². The van der Waals surface area contributed by atoms with Crippen molar-refractivity contribution in [1.29, 1.82) is 0 Å². The second kappa shape index (κ2) is 6.28. The van der Waals surface area contributed by atoms with E-state index in [-0.39, 0.29) is 5.76 Å². The number of carboxylic acid groups (broad SMARTS) is 1. The second-order valence-corrected chi connectivity index (χ2v) is 2.73. The highest BCUT2D eigenvalue weighted by atomic mass is 16.7. The van der Waals surface area contributed by atoms with Crippen LogP contribution in [0, 0.1) is 0 Å². The summed E-state index contributed by atoms with van der Waals surface area (Å²) in [6.45, 7) is -0.467. The molecule has 1 amide bonds. The lowest BCUT2D eigenvalue weighted by Gasteiger charge is -2.01. The first-order chi connectivity index (χ1) is 8.15. The molecule has 0 aliphatic rings. The van der Waals surface area contributed by atoms with E-state index in [1.165, 1.54) is 25.5 Å². The Morgan fingerprint density at radius 2 is 2.35 bits per heavy atom. The number of aliphatic carboxylic acids is 1. The lowest BCUT2D eigenvalue weighted by Crippen LogP contribution is -2.26. The third kappa shape index (κ3) is 3.95. The molecule has 0 aromatic carbocycles. The summed E-state index contributed by atoms with van der Waals surface area (Å²) in [4.78, 5) is 30.6. The summed E-state index contributed by atoms with van der Waals surface area (Å²) in [5, 5.41) is 12.1. The van der Waals surface area contributed by atoms with Gasteiger partial charge < -0.3 is 14.4 Å². The van der Waals surface area contributed by atoms with Gasteiger partial charge >= 0.3 is 5.97 Å². The fourth-order valence-corrected chi connectivity index (χ4v) is 0.901. The van der Waals surface area contributed by atoms with Gasteiger partial charge in [-0.1, -0.05) is 5.16 Å². The number of rotatable bonds is 6. The summed E-state index contributed by atoms with van der Waals surface area (Å²) in [6, 6.07) is 2.91. The van der Waals surface area contributed by atoms with E-state index < -0.39 is 24.2 Å². The van der Waals surface area contributed by atoms with E-state index in [1.54, 1.807) is 0 Å². The first kappa shape index (κ1) is 12.7. The van der Waals surface area contributed by atoms with Gasteiger partial charge in [0.25, 0.3) is 5.91 Å². The normalized spacial score (nSPS) is 11.0. The Bertz CT molecular complexity index is 411. The molecule has 0 spiro atoms. The van der Waals surface area contributed by atoms with Gasteiger partial charge in [0, 0.05) is 0 Å². The largest absolute Gasteiger partial charge is 0.476 e. The molecule has 0 fully saturated rings. The third-order valence-corrected chi connectivity index (χ3v) is 1.52. The van der Waals surface area contributed by atoms with Gasteiger partial charge in [-0.3, -0.25) is 9.63 Å². The zero-order chi connectivity index (χ0) is 12.7. The Hall–Kier alpha value is -2.35. The highest BCUT2D eigenvalue weighted by Crippen LogP contribution is 2.03. The van der Waals surface area contributed by atoms with Crippen molar-refractivity contribution in [2.24, 2.45) is 5.16 Å². The summed E-state index contributed by atoms with van der Waals surface area (Å²) in [5.74, 6) is -1.89. The Balaban J connectivity index is 2.60. The van der Waals surface area contributed by atoms with E-state index in [1.807, 2.05) is 5.48 Å². The number of oxime groups is 1. The Morgan fingerprint density at radius 3 is 2.88 bits per heavy atom. The lowest BCUT2D eigenvalue weighted by molar-refractivity contribution is -0.136. The maximum absolute atomic E-state index is 10.9. The van der Waals surface area contributed by atoms with Crippen molar-refractivity contribution in [3.05, 3.63) is 24.2 Å². The molecule has 8 nitrogen and oxygen atoms in total. The predicted octanol–water partition coefficient (Wildman–Crippen LogP) is -0.237. The van der Waals surface area contributed by atoms with Crippen molar-refractivity contribution in [1.82, 2.24) is 5.48 Å². The van der Waals surface area contributed by atoms with Crippen molar-refractivity contribution >= 4 is 17.6 Å². The van der Waals surface area contributed by atoms with Crippen molar-refractivity contribution in [3.8, 4) is 0 Å². The van der Waals surface area contributed by atoms with Gasteiger partial charge in [-0.2, -0.15) is 0 Å². The monoisotopic (exact) mass is 242 g/mol. The van der Waals surface area contributed by atoms with Gasteiger partial charge in [0.05, 0.1) is 13.4 Å². The number of hydrogen-bond donors (Lipinski definition) is 2. The molecule has 0 aliphatic carbocycles. The number of carbonyl (C=O) groups excluding carboxylic acids is 1. The molecular weight excluding hydrogens is 232 g/mol. The van der Waals surface area contributed by atoms with Gasteiger partial charge in [-0.15, -0.1) is 0 Å². The zero-order valence-corrected chi connectivity index (χ0v) is 8.87. The molecule has 8 heteroatoms. The molecule has 0 saturated heterocycles. The van der Waals surface area contributed by atoms with Crippen LogP contribution in [0.5, 0.6) is 0 Å². The molecule has 0 atom stereocenters. The minimum Gasteiger partial charge on any atom is -0.476 e. The van der Waals surface area contributed by atoms with E-state index in [4.69, 9.17) is 9.52 Å². The molecule has 1 aromatic heterocycles. The van der Waals surface area contributed by atoms with Crippen LogP contribution in [0.4, 0.5) is 0 Å². The van der Waals surface area contributed by atoms with E-state index in [0.29, 0.717) is 0 Å². The molecule has 1 rings (SSSR count). The molecule has 0 unspecified atom stereocenters. The summed E-state index contributed by atoms with van der Waals surface area (Å²) in [5.41, 5.74) is 1.55. The Morgan fingerprint density at radius 1 is 1.59 bits per heavy atom. The highest BCUT2D eigenvalue weighted by Gasteiger charge is 2.16. The smallest absolute Gasteiger partial charge is 0.361 e. The topological polar surface area (TPSA) is 110 Å². The third-order valence-electron chi connectivity index (χ3n) is 1.52. The van der Waals surface area contributed by atoms with Crippen molar-refractivity contribution in [2.45, 2.75) is 0 Å². The zero-order valence-electron chi connectivity index (χ0n) is 8.87. The molecule has 1 aromatic rings. The summed E-state index contributed by atoms with van der Waals surface area (Å²) in [7, 11) is 1.26. The number of amides is 1. The first-order valence-corrected chi connectivity index (χ1v) is 4.44. The number of carboxylic acids is 1. The summed E-state index contributed by atoms with van der Waals surface area (Å²) < 4.78 is 4.85. The van der Waals surface area contributed by atoms with Crippen LogP contribution < -0.4 is 5.48 Å². The van der Waals surface area contributed by atoms with Crippen LogP contribution in [0.1, 0.15) is 5.76 Å². The second-order valence-electron chi connectivity index (χ2n) is 2.73. The molecule has 2 N–H and O–H groups in total. The van der Waals surface area contributed by atoms with Crippen molar-refractivity contribution < 1.29 is 28.8 Å². The van der Waals surface area contributed by atoms with E-state index in [9.17, 15) is 9.59 Å². The quantitative estimate of drug-likeness (QED) is 0.526. The van der Waals surface area contributed by atoms with Crippen LogP contribution in [-0.2, 0) is 19.3 Å². The van der Waals surface area contributed by atoms with Crippen molar-refractivity contribution in [3.63, 3.8) is 0 Å². The predicted molar refractivity (Wildman–Crippen MR) is 54.0 cm³/mol. The van der Waals surface area contributed by atoms with E-state index in [0.717, 1.165) is 0 Å². The standard InChI is InChI=1S/C9H10N2O6/c1-15-10-7(12)5-17-11-8(9(13)14)6-3-2-4-16-6/h2-4H,5H2,1H3,(H,10,12)(H,13,14). The molecule has 92 valence electrons. The maximum atomic E-state index is 10.9. The summed E-state index contributed by atoms with van der Waals surface area (Å²) >= 11 is 0. The fourth-order valence-electron chi connectivity index (χ4n) is 0.901. The number of hydrogen-bond acceptors (Lipinski definition) is 6. The van der Waals surface area contributed by atoms with Crippen LogP contribution >= 0.6 is 0 Å². The molecule has 1 heterocycles. The van der Waals surface area contributed by atoms with Crippen LogP contribution in [0.3, 0.4) is 0 Å². The van der Waals surface area contributed by atoms with Crippen LogP contribution in [0.2, 0.25) is 0 Å². The molecule has 0 saturated carbocycles. The van der Waals surface area contributed by atoms with Crippen LogP contribution in [0.15, 0.2) is 28.0 Å². The minimum atomic E-state index is -1.33. The van der Waals surface area contributed by atoms with Gasteiger partial charge in [-0.05, 0) is 12.1 Å². The summed E-state index contributed by atoms with van der Waals surface area (Å²) in [6.07, 6.45) is 1.30. The Kier molecular flexibility index (Phi) is 4.70. The minimum absolute atomic E-state index is 0.0321. The molecule has 0 bridgehead atoms. The lowest BCUT2D eigenvalue weighted by atomic mass is 10.3. The Labute approximate surface area is 95.7 Å². The average molecular weight is 242 g/mol. The van der Waals surface area contributed by atoms with Crippen LogP contribution in [0.25, 0.3) is 0 Å². The van der Waals surface area contributed by atoms with Gasteiger partial charge in [0.1, 0.15) is 0 Å².